The van der Waals surface area contributed by atoms with Crippen LogP contribution < -0.4 is 5.32 Å². The molecular formula is C20H31F2NO. The van der Waals surface area contributed by atoms with Crippen LogP contribution in [0.3, 0.4) is 0 Å². The largest absolute Gasteiger partial charge is 0.497 e. The van der Waals surface area contributed by atoms with Crippen LogP contribution in [-0.2, 0) is 4.74 Å². The summed E-state index contributed by atoms with van der Waals surface area (Å²) in [5, 5.41) is 2.94. The second-order valence-electron chi connectivity index (χ2n) is 5.45. The molecule has 2 unspecified atom stereocenters. The van der Waals surface area contributed by atoms with Gasteiger partial charge in [0.2, 0.25) is 0 Å². The molecule has 1 aromatic rings. The fraction of sp³-hybridized carbons (Fsp3) is 0.500. The highest BCUT2D eigenvalue weighted by molar-refractivity contribution is 5.66. The van der Waals surface area contributed by atoms with Crippen molar-refractivity contribution in [3.63, 3.8) is 0 Å². The Morgan fingerprint density at radius 3 is 2.33 bits per heavy atom. The van der Waals surface area contributed by atoms with E-state index in [1.807, 2.05) is 19.9 Å². The first kappa shape index (κ1) is 22.2. The van der Waals surface area contributed by atoms with Crippen LogP contribution in [0.25, 0.3) is 5.70 Å². The Bertz CT molecular complexity index is 553. The van der Waals surface area contributed by atoms with Gasteiger partial charge in [0.25, 0.3) is 0 Å². The molecule has 136 valence electrons. The molecule has 1 rings (SSSR count). The predicted molar refractivity (Wildman–Crippen MR) is 98.5 cm³/mol. The van der Waals surface area contributed by atoms with E-state index in [9.17, 15) is 8.78 Å². The number of halogens is 2. The molecule has 0 heterocycles. The van der Waals surface area contributed by atoms with E-state index >= 15 is 0 Å². The third-order valence-corrected chi connectivity index (χ3v) is 3.98. The van der Waals surface area contributed by atoms with Gasteiger partial charge in [-0.15, -0.1) is 0 Å². The highest BCUT2D eigenvalue weighted by Crippen LogP contribution is 2.22. The Balaban J connectivity index is 0.00000254. The Hall–Kier alpha value is -1.84. The number of allylic oxidation sites excluding steroid dienone is 2. The monoisotopic (exact) mass is 339 g/mol. The minimum atomic E-state index is -0.606. The molecule has 0 aliphatic carbocycles. The number of nitrogens with one attached hydrogen (secondary N) is 1. The number of methoxy groups -OCH3 is 1. The lowest BCUT2D eigenvalue weighted by Gasteiger charge is -2.16. The highest BCUT2D eigenvalue weighted by Gasteiger charge is 2.11. The van der Waals surface area contributed by atoms with E-state index in [2.05, 4.69) is 26.1 Å². The van der Waals surface area contributed by atoms with E-state index in [-0.39, 0.29) is 0 Å². The van der Waals surface area contributed by atoms with Crippen LogP contribution in [0.4, 0.5) is 8.78 Å². The molecule has 0 amide bonds. The zero-order valence-electron chi connectivity index (χ0n) is 15.9. The van der Waals surface area contributed by atoms with Gasteiger partial charge in [0, 0.05) is 30.5 Å². The minimum Gasteiger partial charge on any atom is -0.497 e. The van der Waals surface area contributed by atoms with Crippen molar-refractivity contribution < 1.29 is 13.5 Å². The van der Waals surface area contributed by atoms with Gasteiger partial charge in [-0.1, -0.05) is 41.0 Å². The van der Waals surface area contributed by atoms with Crippen LogP contribution >= 0.6 is 0 Å². The standard InChI is InChI=1S/C18H25F2NO.C2H6/c1-6-12(2)13(3)9-15(22-5)11-18(21-4)16-8-7-14(19)10-17(16)20;1-2/h7-13,21H,6H2,1-5H3;1-2H3/b15-9+,18-11-;. The van der Waals surface area contributed by atoms with Crippen LogP contribution in [0.5, 0.6) is 0 Å². The molecule has 1 N–H and O–H groups in total. The second-order valence-corrected chi connectivity index (χ2v) is 5.45. The molecule has 1 aromatic carbocycles. The van der Waals surface area contributed by atoms with Crippen LogP contribution in [0.1, 0.15) is 46.6 Å². The predicted octanol–water partition coefficient (Wildman–Crippen LogP) is 5.76. The third kappa shape index (κ3) is 6.73. The van der Waals surface area contributed by atoms with Crippen LogP contribution in [0, 0.1) is 23.5 Å². The summed E-state index contributed by atoms with van der Waals surface area (Å²) in [4.78, 5) is 0. The van der Waals surface area contributed by atoms with Gasteiger partial charge in [-0.3, -0.25) is 0 Å². The van der Waals surface area contributed by atoms with Crippen molar-refractivity contribution in [2.45, 2.75) is 41.0 Å². The fourth-order valence-electron chi connectivity index (χ4n) is 2.10. The Labute approximate surface area is 145 Å². The second kappa shape index (κ2) is 11.7. The van der Waals surface area contributed by atoms with E-state index in [0.717, 1.165) is 12.5 Å². The van der Waals surface area contributed by atoms with Crippen molar-refractivity contribution in [3.05, 3.63) is 53.3 Å². The molecule has 0 aromatic heterocycles. The summed E-state index contributed by atoms with van der Waals surface area (Å²) in [6.45, 7) is 10.4. The smallest absolute Gasteiger partial charge is 0.135 e. The molecule has 0 radical (unpaired) electrons. The van der Waals surface area contributed by atoms with E-state index in [1.165, 1.54) is 12.1 Å². The van der Waals surface area contributed by atoms with Gasteiger partial charge in [-0.05, 0) is 30.0 Å². The van der Waals surface area contributed by atoms with Gasteiger partial charge in [-0.25, -0.2) is 8.78 Å². The van der Waals surface area contributed by atoms with Crippen molar-refractivity contribution >= 4 is 5.70 Å². The third-order valence-electron chi connectivity index (χ3n) is 3.98. The Kier molecular flexibility index (Phi) is 10.8. The fourth-order valence-corrected chi connectivity index (χ4v) is 2.10. The molecule has 24 heavy (non-hydrogen) atoms. The molecule has 0 saturated carbocycles. The first-order valence-electron chi connectivity index (χ1n) is 8.53. The summed E-state index contributed by atoms with van der Waals surface area (Å²) in [6, 6.07) is 3.53. The summed E-state index contributed by atoms with van der Waals surface area (Å²) >= 11 is 0. The Morgan fingerprint density at radius 1 is 1.25 bits per heavy atom. The zero-order valence-corrected chi connectivity index (χ0v) is 15.9. The number of rotatable bonds is 7. The number of ether oxygens (including phenoxy) is 1. The average Bonchev–Trinajstić information content (AvgIpc) is 2.59. The van der Waals surface area contributed by atoms with Gasteiger partial charge in [-0.2, -0.15) is 0 Å². The number of hydrogen-bond acceptors (Lipinski definition) is 2. The summed E-state index contributed by atoms with van der Waals surface area (Å²) in [7, 11) is 3.28. The molecule has 4 heteroatoms. The molecule has 0 aliphatic heterocycles. The van der Waals surface area contributed by atoms with Crippen molar-refractivity contribution in [3.8, 4) is 0 Å². The van der Waals surface area contributed by atoms with Crippen molar-refractivity contribution in [2.24, 2.45) is 11.8 Å². The van der Waals surface area contributed by atoms with E-state index in [4.69, 9.17) is 4.74 Å². The quantitative estimate of drug-likeness (QED) is 0.503. The SMILES string of the molecule is CC.CCC(C)C(C)/C=C(\C=C(/NC)c1ccc(F)cc1F)OC. The first-order chi connectivity index (χ1) is 11.4. The maximum Gasteiger partial charge on any atom is 0.135 e. The van der Waals surface area contributed by atoms with E-state index < -0.39 is 11.6 Å². The molecule has 2 atom stereocenters. The van der Waals surface area contributed by atoms with Gasteiger partial charge in [0.1, 0.15) is 17.4 Å². The average molecular weight is 339 g/mol. The minimum absolute atomic E-state index is 0.308. The summed E-state index contributed by atoms with van der Waals surface area (Å²) in [5.41, 5.74) is 0.852. The topological polar surface area (TPSA) is 21.3 Å². The maximum absolute atomic E-state index is 13.9. The van der Waals surface area contributed by atoms with Crippen molar-refractivity contribution in [1.82, 2.24) is 5.32 Å². The normalized spacial score (nSPS) is 14.4. The first-order valence-corrected chi connectivity index (χ1v) is 8.53. The van der Waals surface area contributed by atoms with Crippen molar-refractivity contribution in [1.29, 1.82) is 0 Å². The molecule has 2 nitrogen and oxygen atoms in total. The van der Waals surface area contributed by atoms with Gasteiger partial charge >= 0.3 is 0 Å². The van der Waals surface area contributed by atoms with Crippen LogP contribution in [0.15, 0.2) is 36.1 Å². The lowest BCUT2D eigenvalue weighted by Crippen LogP contribution is -2.09. The van der Waals surface area contributed by atoms with Gasteiger partial charge in [0.15, 0.2) is 0 Å². The molecule has 0 fully saturated rings. The summed E-state index contributed by atoms with van der Waals surface area (Å²) in [5.74, 6) is 0.322. The number of hydrogen-bond donors (Lipinski definition) is 1. The summed E-state index contributed by atoms with van der Waals surface area (Å²) in [6.07, 6.45) is 4.83. The van der Waals surface area contributed by atoms with Crippen molar-refractivity contribution in [2.75, 3.05) is 14.2 Å². The highest BCUT2D eigenvalue weighted by atomic mass is 19.1. The zero-order chi connectivity index (χ0) is 18.7. The maximum atomic E-state index is 13.9. The van der Waals surface area contributed by atoms with Crippen LogP contribution in [-0.4, -0.2) is 14.2 Å². The Morgan fingerprint density at radius 2 is 1.88 bits per heavy atom. The molecule has 0 saturated heterocycles. The van der Waals surface area contributed by atoms with E-state index in [1.54, 1.807) is 20.2 Å². The van der Waals surface area contributed by atoms with E-state index in [0.29, 0.717) is 28.9 Å². The van der Waals surface area contributed by atoms with Gasteiger partial charge < -0.3 is 10.1 Å². The van der Waals surface area contributed by atoms with Gasteiger partial charge in [0.05, 0.1) is 7.11 Å². The molecule has 0 bridgehead atoms. The molecule has 0 spiro atoms. The molecule has 0 aliphatic rings. The summed E-state index contributed by atoms with van der Waals surface area (Å²) < 4.78 is 32.3. The lowest BCUT2D eigenvalue weighted by atomic mass is 9.93. The van der Waals surface area contributed by atoms with Crippen LogP contribution in [0.2, 0.25) is 0 Å². The lowest BCUT2D eigenvalue weighted by molar-refractivity contribution is 0.298. The molecular weight excluding hydrogens is 308 g/mol. The number of benzene rings is 1.